The van der Waals surface area contributed by atoms with Gasteiger partial charge in [-0.15, -0.1) is 0 Å². The lowest BCUT2D eigenvalue weighted by atomic mass is 10.1. The molecule has 0 aliphatic heterocycles. The zero-order valence-electron chi connectivity index (χ0n) is 15.6. The second-order valence-corrected chi connectivity index (χ2v) is 5.98. The molecule has 2 aromatic carbocycles. The first-order valence-electron chi connectivity index (χ1n) is 8.65. The molecule has 0 spiro atoms. The van der Waals surface area contributed by atoms with Crippen molar-refractivity contribution in [3.63, 3.8) is 0 Å². The van der Waals surface area contributed by atoms with Crippen molar-refractivity contribution in [2.75, 3.05) is 12.4 Å². The largest absolute Gasteiger partial charge is 0.494 e. The molecule has 0 saturated carbocycles. The molecule has 2 amide bonds. The summed E-state index contributed by atoms with van der Waals surface area (Å²) >= 11 is 0. The molecule has 0 fully saturated rings. The van der Waals surface area contributed by atoms with E-state index in [1.807, 2.05) is 19.1 Å². The van der Waals surface area contributed by atoms with Crippen LogP contribution in [0.4, 0.5) is 10.1 Å². The monoisotopic (exact) mass is 370 g/mol. The lowest BCUT2D eigenvalue weighted by Gasteiger charge is -2.14. The van der Waals surface area contributed by atoms with Gasteiger partial charge in [-0.25, -0.2) is 4.39 Å². The minimum absolute atomic E-state index is 0.0517. The van der Waals surface area contributed by atoms with E-state index in [1.54, 1.807) is 25.1 Å². The first kappa shape index (κ1) is 20.2. The lowest BCUT2D eigenvalue weighted by Crippen LogP contribution is -2.24. The highest BCUT2D eigenvalue weighted by molar-refractivity contribution is 5.92. The summed E-state index contributed by atoms with van der Waals surface area (Å²) in [6, 6.07) is 11.5. The Hall–Kier alpha value is -3.15. The molecular formula is C21H23FN2O3. The highest BCUT2D eigenvalue weighted by atomic mass is 19.1. The van der Waals surface area contributed by atoms with E-state index < -0.39 is 5.82 Å². The van der Waals surface area contributed by atoms with Crippen LogP contribution in [0.25, 0.3) is 6.08 Å². The number of amides is 2. The van der Waals surface area contributed by atoms with Crippen LogP contribution in [0.3, 0.4) is 0 Å². The van der Waals surface area contributed by atoms with Crippen LogP contribution >= 0.6 is 0 Å². The third-order valence-corrected chi connectivity index (χ3v) is 3.98. The Labute approximate surface area is 158 Å². The second kappa shape index (κ2) is 9.52. The molecule has 27 heavy (non-hydrogen) atoms. The fourth-order valence-electron chi connectivity index (χ4n) is 2.41. The smallest absolute Gasteiger partial charge is 0.244 e. The zero-order valence-corrected chi connectivity index (χ0v) is 15.6. The van der Waals surface area contributed by atoms with Crippen LogP contribution in [0.2, 0.25) is 0 Å². The molecule has 5 nitrogen and oxygen atoms in total. The van der Waals surface area contributed by atoms with E-state index in [1.165, 1.54) is 31.4 Å². The predicted octanol–water partition coefficient (Wildman–Crippen LogP) is 4.07. The molecule has 0 aliphatic rings. The standard InChI is InChI=1S/C21H23FN2O3/c1-4-20(25)24-17-9-7-16(8-10-17)14(2)23-21(26)12-6-15-5-11-19(27-3)18(22)13-15/h5-14H,4H2,1-3H3,(H,23,26)(H,24,25)/b12-6+. The number of halogens is 1. The minimum Gasteiger partial charge on any atom is -0.494 e. The number of nitrogens with one attached hydrogen (secondary N) is 2. The van der Waals surface area contributed by atoms with Crippen LogP contribution in [0.15, 0.2) is 48.5 Å². The number of methoxy groups -OCH3 is 1. The highest BCUT2D eigenvalue weighted by Gasteiger charge is 2.08. The first-order valence-corrected chi connectivity index (χ1v) is 8.65. The first-order chi connectivity index (χ1) is 12.9. The zero-order chi connectivity index (χ0) is 19.8. The van der Waals surface area contributed by atoms with Gasteiger partial charge >= 0.3 is 0 Å². The third kappa shape index (κ3) is 5.95. The number of carbonyl (C=O) groups excluding carboxylic acids is 2. The molecule has 2 N–H and O–H groups in total. The summed E-state index contributed by atoms with van der Waals surface area (Å²) in [5, 5.41) is 5.62. The number of rotatable bonds is 7. The number of carbonyl (C=O) groups is 2. The number of benzene rings is 2. The molecule has 142 valence electrons. The molecule has 2 aromatic rings. The van der Waals surface area contributed by atoms with E-state index in [0.29, 0.717) is 17.7 Å². The average molecular weight is 370 g/mol. The maximum atomic E-state index is 13.7. The Morgan fingerprint density at radius 3 is 2.48 bits per heavy atom. The number of hydrogen-bond donors (Lipinski definition) is 2. The Balaban J connectivity index is 1.94. The topological polar surface area (TPSA) is 67.4 Å². The molecule has 0 aromatic heterocycles. The molecule has 1 unspecified atom stereocenters. The molecule has 0 bridgehead atoms. The molecule has 0 aliphatic carbocycles. The maximum Gasteiger partial charge on any atom is 0.244 e. The van der Waals surface area contributed by atoms with Crippen molar-refractivity contribution < 1.29 is 18.7 Å². The highest BCUT2D eigenvalue weighted by Crippen LogP contribution is 2.19. The van der Waals surface area contributed by atoms with Crippen molar-refractivity contribution in [2.24, 2.45) is 0 Å². The summed E-state index contributed by atoms with van der Waals surface area (Å²) in [5.41, 5.74) is 2.18. The molecular weight excluding hydrogens is 347 g/mol. The van der Waals surface area contributed by atoms with Gasteiger partial charge in [-0.1, -0.05) is 25.1 Å². The van der Waals surface area contributed by atoms with Gasteiger partial charge in [0.2, 0.25) is 11.8 Å². The van der Waals surface area contributed by atoms with Crippen molar-refractivity contribution in [2.45, 2.75) is 26.3 Å². The van der Waals surface area contributed by atoms with Gasteiger partial charge in [0.15, 0.2) is 11.6 Å². The molecule has 6 heteroatoms. The number of hydrogen-bond acceptors (Lipinski definition) is 3. The Morgan fingerprint density at radius 1 is 1.19 bits per heavy atom. The van der Waals surface area contributed by atoms with E-state index in [-0.39, 0.29) is 23.6 Å². The quantitative estimate of drug-likeness (QED) is 0.722. The van der Waals surface area contributed by atoms with E-state index in [4.69, 9.17) is 4.74 Å². The van der Waals surface area contributed by atoms with Crippen molar-refractivity contribution in [3.8, 4) is 5.75 Å². The van der Waals surface area contributed by atoms with E-state index in [0.717, 1.165) is 5.56 Å². The van der Waals surface area contributed by atoms with Gasteiger partial charge in [-0.05, 0) is 48.4 Å². The molecule has 0 radical (unpaired) electrons. The predicted molar refractivity (Wildman–Crippen MR) is 104 cm³/mol. The second-order valence-electron chi connectivity index (χ2n) is 5.98. The minimum atomic E-state index is -0.483. The van der Waals surface area contributed by atoms with Gasteiger partial charge in [0.1, 0.15) is 0 Å². The average Bonchev–Trinajstić information content (AvgIpc) is 2.66. The summed E-state index contributed by atoms with van der Waals surface area (Å²) < 4.78 is 18.5. The van der Waals surface area contributed by atoms with Crippen LogP contribution in [0, 0.1) is 5.82 Å². The molecule has 0 heterocycles. The van der Waals surface area contributed by atoms with Crippen molar-refractivity contribution >= 4 is 23.6 Å². The Morgan fingerprint density at radius 2 is 1.89 bits per heavy atom. The van der Waals surface area contributed by atoms with Gasteiger partial charge in [0.25, 0.3) is 0 Å². The van der Waals surface area contributed by atoms with Crippen LogP contribution in [-0.2, 0) is 9.59 Å². The van der Waals surface area contributed by atoms with Crippen molar-refractivity contribution in [3.05, 3.63) is 65.5 Å². The van der Waals surface area contributed by atoms with Gasteiger partial charge in [0.05, 0.1) is 13.2 Å². The Kier molecular flexibility index (Phi) is 7.11. The van der Waals surface area contributed by atoms with Crippen molar-refractivity contribution in [1.29, 1.82) is 0 Å². The van der Waals surface area contributed by atoms with Gasteiger partial charge in [0, 0.05) is 18.2 Å². The Bertz CT molecular complexity index is 832. The van der Waals surface area contributed by atoms with Gasteiger partial charge in [-0.2, -0.15) is 0 Å². The van der Waals surface area contributed by atoms with E-state index in [9.17, 15) is 14.0 Å². The lowest BCUT2D eigenvalue weighted by molar-refractivity contribution is -0.117. The van der Waals surface area contributed by atoms with Gasteiger partial charge in [-0.3, -0.25) is 9.59 Å². The maximum absolute atomic E-state index is 13.7. The summed E-state index contributed by atoms with van der Waals surface area (Å²) in [6.07, 6.45) is 3.31. The SMILES string of the molecule is CCC(=O)Nc1ccc(C(C)NC(=O)/C=C/c2ccc(OC)c(F)c2)cc1. The van der Waals surface area contributed by atoms with E-state index >= 15 is 0 Å². The fourth-order valence-corrected chi connectivity index (χ4v) is 2.41. The van der Waals surface area contributed by atoms with Crippen LogP contribution in [-0.4, -0.2) is 18.9 Å². The molecule has 2 rings (SSSR count). The summed E-state index contributed by atoms with van der Waals surface area (Å²) in [7, 11) is 1.40. The van der Waals surface area contributed by atoms with E-state index in [2.05, 4.69) is 10.6 Å². The summed E-state index contributed by atoms with van der Waals surface area (Å²) in [5.74, 6) is -0.668. The van der Waals surface area contributed by atoms with Crippen LogP contribution < -0.4 is 15.4 Å². The third-order valence-electron chi connectivity index (χ3n) is 3.98. The van der Waals surface area contributed by atoms with Crippen molar-refractivity contribution in [1.82, 2.24) is 5.32 Å². The number of anilines is 1. The molecule has 1 atom stereocenters. The van der Waals surface area contributed by atoms with Crippen LogP contribution in [0.5, 0.6) is 5.75 Å². The number of ether oxygens (including phenoxy) is 1. The van der Waals surface area contributed by atoms with Crippen LogP contribution in [0.1, 0.15) is 37.4 Å². The summed E-state index contributed by atoms with van der Waals surface area (Å²) in [6.45, 7) is 3.65. The summed E-state index contributed by atoms with van der Waals surface area (Å²) in [4.78, 5) is 23.5. The normalized spacial score (nSPS) is 11.9. The fraction of sp³-hybridized carbons (Fsp3) is 0.238. The molecule has 0 saturated heterocycles. The van der Waals surface area contributed by atoms with Gasteiger partial charge < -0.3 is 15.4 Å².